The van der Waals surface area contributed by atoms with Gasteiger partial charge in [0.1, 0.15) is 0 Å². The average Bonchev–Trinajstić information content (AvgIpc) is 3.19. The first-order valence-electron chi connectivity index (χ1n) is 6.84. The maximum absolute atomic E-state index is 11.8. The molecule has 0 N–H and O–H groups in total. The van der Waals surface area contributed by atoms with Crippen LogP contribution in [0.5, 0.6) is 0 Å². The van der Waals surface area contributed by atoms with Crippen molar-refractivity contribution < 1.29 is 17.9 Å². The van der Waals surface area contributed by atoms with Crippen LogP contribution in [0.15, 0.2) is 24.3 Å². The van der Waals surface area contributed by atoms with Crippen molar-refractivity contribution in [2.24, 2.45) is 5.92 Å². The summed E-state index contributed by atoms with van der Waals surface area (Å²) < 4.78 is 30.2. The lowest BCUT2D eigenvalue weighted by atomic mass is 10.2. The molecular formula is C14H17NO4S. The first kappa shape index (κ1) is 13.4. The second kappa shape index (κ2) is 5.09. The van der Waals surface area contributed by atoms with Gasteiger partial charge in [-0.1, -0.05) is 0 Å². The third-order valence-corrected chi connectivity index (χ3v) is 5.51. The Bertz CT molecular complexity index is 605. The number of anilines is 1. The molecule has 20 heavy (non-hydrogen) atoms. The predicted octanol–water partition coefficient (Wildman–Crippen LogP) is 1.79. The van der Waals surface area contributed by atoms with Gasteiger partial charge >= 0.3 is 5.97 Å². The number of nitrogens with zero attached hydrogens (tertiary/aromatic N) is 1. The highest BCUT2D eigenvalue weighted by molar-refractivity contribution is 7.93. The Morgan fingerprint density at radius 1 is 1.25 bits per heavy atom. The fourth-order valence-corrected chi connectivity index (χ4v) is 3.82. The van der Waals surface area contributed by atoms with Crippen LogP contribution in [0.25, 0.3) is 0 Å². The van der Waals surface area contributed by atoms with Crippen molar-refractivity contribution in [2.75, 3.05) is 23.2 Å². The van der Waals surface area contributed by atoms with E-state index in [1.807, 2.05) is 0 Å². The number of esters is 1. The Balaban J connectivity index is 1.69. The number of benzene rings is 1. The highest BCUT2D eigenvalue weighted by Crippen LogP contribution is 2.29. The lowest BCUT2D eigenvalue weighted by Crippen LogP contribution is -2.25. The Kier molecular flexibility index (Phi) is 3.41. The van der Waals surface area contributed by atoms with Gasteiger partial charge in [-0.2, -0.15) is 0 Å². The molecule has 0 spiro atoms. The maximum Gasteiger partial charge on any atom is 0.338 e. The van der Waals surface area contributed by atoms with Crippen LogP contribution >= 0.6 is 0 Å². The van der Waals surface area contributed by atoms with Crippen LogP contribution in [0, 0.1) is 5.92 Å². The van der Waals surface area contributed by atoms with E-state index in [1.165, 1.54) is 4.31 Å². The first-order valence-corrected chi connectivity index (χ1v) is 8.45. The molecule has 6 heteroatoms. The van der Waals surface area contributed by atoms with E-state index in [2.05, 4.69) is 0 Å². The Morgan fingerprint density at radius 3 is 2.50 bits per heavy atom. The van der Waals surface area contributed by atoms with Crippen LogP contribution in [-0.2, 0) is 14.8 Å². The molecule has 0 radical (unpaired) electrons. The molecule has 3 rings (SSSR count). The smallest absolute Gasteiger partial charge is 0.338 e. The molecule has 1 aliphatic carbocycles. The second-order valence-corrected chi connectivity index (χ2v) is 7.34. The molecule has 0 unspecified atom stereocenters. The van der Waals surface area contributed by atoms with Crippen molar-refractivity contribution in [3.05, 3.63) is 29.8 Å². The summed E-state index contributed by atoms with van der Waals surface area (Å²) in [6.07, 6.45) is 2.92. The molecule has 0 bridgehead atoms. The summed E-state index contributed by atoms with van der Waals surface area (Å²) in [5, 5.41) is 0. The highest BCUT2D eigenvalue weighted by Gasteiger charge is 2.28. The summed E-state index contributed by atoms with van der Waals surface area (Å²) in [5.41, 5.74) is 1.08. The average molecular weight is 295 g/mol. The summed E-state index contributed by atoms with van der Waals surface area (Å²) in [7, 11) is -3.17. The van der Waals surface area contributed by atoms with Gasteiger partial charge in [-0.15, -0.1) is 0 Å². The van der Waals surface area contributed by atoms with Crippen molar-refractivity contribution in [1.29, 1.82) is 0 Å². The monoisotopic (exact) mass is 295 g/mol. The molecule has 2 fully saturated rings. The van der Waals surface area contributed by atoms with Gasteiger partial charge in [0.25, 0.3) is 0 Å². The van der Waals surface area contributed by atoms with Crippen molar-refractivity contribution in [3.8, 4) is 0 Å². The zero-order chi connectivity index (χ0) is 14.2. The number of carbonyl (C=O) groups is 1. The lowest BCUT2D eigenvalue weighted by Gasteiger charge is -2.16. The van der Waals surface area contributed by atoms with E-state index < -0.39 is 10.0 Å². The van der Waals surface area contributed by atoms with Gasteiger partial charge in [-0.3, -0.25) is 4.31 Å². The number of carbonyl (C=O) groups excluding carboxylic acids is 1. The highest BCUT2D eigenvalue weighted by atomic mass is 32.2. The zero-order valence-electron chi connectivity index (χ0n) is 11.1. The first-order chi connectivity index (χ1) is 9.56. The molecule has 1 aromatic rings. The third kappa shape index (κ3) is 2.80. The quantitative estimate of drug-likeness (QED) is 0.795. The van der Waals surface area contributed by atoms with Crippen LogP contribution in [0.3, 0.4) is 0 Å². The van der Waals surface area contributed by atoms with Gasteiger partial charge < -0.3 is 4.74 Å². The molecule has 5 nitrogen and oxygen atoms in total. The molecule has 0 aromatic heterocycles. The third-order valence-electron chi connectivity index (χ3n) is 3.64. The van der Waals surface area contributed by atoms with E-state index in [-0.39, 0.29) is 11.7 Å². The molecule has 2 aliphatic rings. The van der Waals surface area contributed by atoms with Crippen molar-refractivity contribution >= 4 is 21.7 Å². The molecule has 0 atom stereocenters. The van der Waals surface area contributed by atoms with Crippen LogP contribution in [0.4, 0.5) is 5.69 Å². The molecule has 1 aliphatic heterocycles. The molecule has 1 saturated heterocycles. The van der Waals surface area contributed by atoms with E-state index >= 15 is 0 Å². The van der Waals surface area contributed by atoms with Gasteiger partial charge in [-0.25, -0.2) is 13.2 Å². The van der Waals surface area contributed by atoms with E-state index in [0.29, 0.717) is 36.7 Å². The van der Waals surface area contributed by atoms with Crippen LogP contribution in [0.2, 0.25) is 0 Å². The summed E-state index contributed by atoms with van der Waals surface area (Å²) in [6, 6.07) is 6.57. The standard InChI is InChI=1S/C14H17NO4S/c16-14(19-10-11-2-3-11)12-4-6-13(7-5-12)15-8-1-9-20(15,17)18/h4-7,11H,1-3,8-10H2. The van der Waals surface area contributed by atoms with Gasteiger partial charge in [0.05, 0.1) is 23.6 Å². The number of hydrogen-bond acceptors (Lipinski definition) is 4. The van der Waals surface area contributed by atoms with Gasteiger partial charge in [-0.05, 0) is 49.4 Å². The van der Waals surface area contributed by atoms with E-state index in [4.69, 9.17) is 4.74 Å². The second-order valence-electron chi connectivity index (χ2n) is 5.33. The summed E-state index contributed by atoms with van der Waals surface area (Å²) >= 11 is 0. The fraction of sp³-hybridized carbons (Fsp3) is 0.500. The van der Waals surface area contributed by atoms with E-state index in [9.17, 15) is 13.2 Å². The molecular weight excluding hydrogens is 278 g/mol. The Morgan fingerprint density at radius 2 is 1.95 bits per heavy atom. The Hall–Kier alpha value is -1.56. The minimum Gasteiger partial charge on any atom is -0.462 e. The molecule has 1 aromatic carbocycles. The van der Waals surface area contributed by atoms with Gasteiger partial charge in [0, 0.05) is 6.54 Å². The number of hydrogen-bond donors (Lipinski definition) is 0. The fourth-order valence-electron chi connectivity index (χ4n) is 2.25. The summed E-state index contributed by atoms with van der Waals surface area (Å²) in [4.78, 5) is 11.8. The van der Waals surface area contributed by atoms with Crippen LogP contribution in [-0.4, -0.2) is 33.3 Å². The minimum atomic E-state index is -3.17. The normalized spacial score (nSPS) is 20.9. The zero-order valence-corrected chi connectivity index (χ0v) is 11.9. The Labute approximate surface area is 118 Å². The van der Waals surface area contributed by atoms with Crippen molar-refractivity contribution in [2.45, 2.75) is 19.3 Å². The molecule has 1 saturated carbocycles. The minimum absolute atomic E-state index is 0.193. The number of sulfonamides is 1. The van der Waals surface area contributed by atoms with Crippen LogP contribution in [0.1, 0.15) is 29.6 Å². The SMILES string of the molecule is O=C(OCC1CC1)c1ccc(N2CCCS2(=O)=O)cc1. The molecule has 1 heterocycles. The van der Waals surface area contributed by atoms with Crippen LogP contribution < -0.4 is 4.31 Å². The molecule has 108 valence electrons. The lowest BCUT2D eigenvalue weighted by molar-refractivity contribution is 0.0486. The predicted molar refractivity (Wildman–Crippen MR) is 75.2 cm³/mol. The van der Waals surface area contributed by atoms with E-state index in [1.54, 1.807) is 24.3 Å². The van der Waals surface area contributed by atoms with E-state index in [0.717, 1.165) is 12.8 Å². The maximum atomic E-state index is 11.8. The van der Waals surface area contributed by atoms with Gasteiger partial charge in [0.2, 0.25) is 10.0 Å². The summed E-state index contributed by atoms with van der Waals surface area (Å²) in [5.74, 6) is 0.388. The van der Waals surface area contributed by atoms with Crippen molar-refractivity contribution in [3.63, 3.8) is 0 Å². The molecule has 0 amide bonds. The largest absolute Gasteiger partial charge is 0.462 e. The number of ether oxygens (including phenoxy) is 1. The number of rotatable bonds is 4. The van der Waals surface area contributed by atoms with Crippen molar-refractivity contribution in [1.82, 2.24) is 0 Å². The summed E-state index contributed by atoms with van der Waals surface area (Å²) in [6.45, 7) is 0.995. The van der Waals surface area contributed by atoms with Gasteiger partial charge in [0.15, 0.2) is 0 Å². The topological polar surface area (TPSA) is 63.7 Å².